The van der Waals surface area contributed by atoms with Gasteiger partial charge in [-0.25, -0.2) is 14.2 Å². The van der Waals surface area contributed by atoms with Gasteiger partial charge in [0, 0.05) is 35.7 Å². The van der Waals surface area contributed by atoms with E-state index in [0.29, 0.717) is 50.6 Å². The zero-order chi connectivity index (χ0) is 19.2. The summed E-state index contributed by atoms with van der Waals surface area (Å²) in [4.78, 5) is 21.5. The minimum Gasteiger partial charge on any atom is -0.444 e. The fraction of sp³-hybridized carbons (Fsp3) is 0.600. The van der Waals surface area contributed by atoms with Gasteiger partial charge in [0.05, 0.1) is 19.4 Å². The van der Waals surface area contributed by atoms with Gasteiger partial charge in [-0.15, -0.1) is 0 Å². The maximum atomic E-state index is 14.7. The second-order valence-corrected chi connectivity index (χ2v) is 8.48. The molecule has 7 heteroatoms. The first-order valence-corrected chi connectivity index (χ1v) is 9.54. The molecule has 0 bridgehead atoms. The van der Waals surface area contributed by atoms with E-state index in [1.807, 2.05) is 26.8 Å². The average molecular weight is 375 g/mol. The van der Waals surface area contributed by atoms with Gasteiger partial charge in [-0.1, -0.05) is 0 Å². The van der Waals surface area contributed by atoms with E-state index in [-0.39, 0.29) is 17.8 Å². The zero-order valence-corrected chi connectivity index (χ0v) is 16.0. The smallest absolute Gasteiger partial charge is 0.410 e. The summed E-state index contributed by atoms with van der Waals surface area (Å²) in [7, 11) is 0. The largest absolute Gasteiger partial charge is 0.444 e. The molecule has 0 aromatic carbocycles. The van der Waals surface area contributed by atoms with E-state index in [1.165, 1.54) is 6.20 Å². The number of halogens is 1. The molecule has 146 valence electrons. The maximum absolute atomic E-state index is 14.7. The van der Waals surface area contributed by atoms with Crippen molar-refractivity contribution in [1.82, 2.24) is 14.9 Å². The Bertz CT molecular complexity index is 846. The Morgan fingerprint density at radius 1 is 1.30 bits per heavy atom. The van der Waals surface area contributed by atoms with Gasteiger partial charge in [-0.3, -0.25) is 0 Å². The Morgan fingerprint density at radius 2 is 2.00 bits per heavy atom. The summed E-state index contributed by atoms with van der Waals surface area (Å²) >= 11 is 0. The molecule has 2 saturated heterocycles. The van der Waals surface area contributed by atoms with E-state index in [1.54, 1.807) is 4.90 Å². The third-order valence-corrected chi connectivity index (χ3v) is 5.30. The lowest BCUT2D eigenvalue weighted by Gasteiger charge is -2.33. The summed E-state index contributed by atoms with van der Waals surface area (Å²) in [6, 6.07) is 2.02. The van der Waals surface area contributed by atoms with E-state index in [0.717, 1.165) is 16.7 Å². The number of carbonyl (C=O) groups excluding carboxylic acids is 1. The van der Waals surface area contributed by atoms with Crippen LogP contribution >= 0.6 is 0 Å². The Kier molecular flexibility index (Phi) is 4.58. The fourth-order valence-electron chi connectivity index (χ4n) is 3.82. The maximum Gasteiger partial charge on any atom is 0.410 e. The molecule has 0 unspecified atom stereocenters. The van der Waals surface area contributed by atoms with Crippen molar-refractivity contribution in [2.24, 2.45) is 0 Å². The molecule has 2 aliphatic rings. The van der Waals surface area contributed by atoms with Gasteiger partial charge in [0.2, 0.25) is 0 Å². The lowest BCUT2D eigenvalue weighted by molar-refractivity contribution is 0.00699. The Balaban J connectivity index is 1.52. The highest BCUT2D eigenvalue weighted by Crippen LogP contribution is 2.36. The summed E-state index contributed by atoms with van der Waals surface area (Å²) in [6.07, 6.45) is 2.43. The fourth-order valence-corrected chi connectivity index (χ4v) is 3.82. The topological polar surface area (TPSA) is 67.5 Å². The first kappa shape index (κ1) is 18.2. The van der Waals surface area contributed by atoms with Crippen molar-refractivity contribution >= 4 is 17.1 Å². The molecule has 2 aromatic heterocycles. The van der Waals surface area contributed by atoms with E-state index >= 15 is 0 Å². The number of carbonyl (C=O) groups is 1. The van der Waals surface area contributed by atoms with Crippen LogP contribution in [0.15, 0.2) is 12.3 Å². The van der Waals surface area contributed by atoms with Gasteiger partial charge >= 0.3 is 6.09 Å². The summed E-state index contributed by atoms with van der Waals surface area (Å²) in [5, 5.41) is 0.854. The molecule has 0 aliphatic carbocycles. The molecule has 1 amide bonds. The number of hydrogen-bond acceptors (Lipinski definition) is 4. The number of ether oxygens (including phenoxy) is 2. The second kappa shape index (κ2) is 6.78. The Morgan fingerprint density at radius 3 is 2.59 bits per heavy atom. The molecule has 1 N–H and O–H groups in total. The number of pyridine rings is 1. The van der Waals surface area contributed by atoms with Crippen molar-refractivity contribution < 1.29 is 18.7 Å². The number of fused-ring (bicyclic) bond motifs is 1. The van der Waals surface area contributed by atoms with Crippen LogP contribution < -0.4 is 0 Å². The van der Waals surface area contributed by atoms with Crippen molar-refractivity contribution in [3.8, 4) is 0 Å². The number of H-pyrrole nitrogens is 1. The van der Waals surface area contributed by atoms with Crippen LogP contribution in [0.4, 0.5) is 9.18 Å². The number of rotatable bonds is 2. The molecule has 4 rings (SSSR count). The number of piperidine rings is 1. The zero-order valence-electron chi connectivity index (χ0n) is 16.0. The molecular formula is C20H26FN3O3. The molecule has 0 radical (unpaired) electrons. The number of nitrogens with zero attached hydrogens (tertiary/aromatic N) is 2. The predicted octanol–water partition coefficient (Wildman–Crippen LogP) is 3.93. The van der Waals surface area contributed by atoms with Crippen LogP contribution in [-0.2, 0) is 9.47 Å². The van der Waals surface area contributed by atoms with Crippen molar-refractivity contribution in [3.63, 3.8) is 0 Å². The standard InChI is InChI=1S/C20H26FN3O3/c1-20(2,3)27-19(25)24-6-4-12(5-7-24)17-14-8-16(13-10-26-11-13)23-18(14)22-9-15(17)21/h8-9,12-13H,4-7,10-11H2,1-3H3,(H,22,23). The van der Waals surface area contributed by atoms with Gasteiger partial charge in [0.25, 0.3) is 0 Å². The number of aromatic amines is 1. The molecule has 0 saturated carbocycles. The van der Waals surface area contributed by atoms with Crippen LogP contribution in [0.2, 0.25) is 0 Å². The van der Waals surface area contributed by atoms with E-state index in [2.05, 4.69) is 9.97 Å². The van der Waals surface area contributed by atoms with Crippen LogP contribution in [-0.4, -0.2) is 52.9 Å². The molecule has 2 fully saturated rings. The van der Waals surface area contributed by atoms with Gasteiger partial charge in [0.15, 0.2) is 0 Å². The monoisotopic (exact) mass is 375 g/mol. The Labute approximate surface area is 158 Å². The van der Waals surface area contributed by atoms with E-state index < -0.39 is 5.60 Å². The highest BCUT2D eigenvalue weighted by molar-refractivity contribution is 5.81. The van der Waals surface area contributed by atoms with Gasteiger partial charge in [-0.2, -0.15) is 0 Å². The minimum absolute atomic E-state index is 0.0653. The van der Waals surface area contributed by atoms with Crippen molar-refractivity contribution in [3.05, 3.63) is 29.3 Å². The second-order valence-electron chi connectivity index (χ2n) is 8.48. The number of amides is 1. The molecular weight excluding hydrogens is 349 g/mol. The van der Waals surface area contributed by atoms with Crippen molar-refractivity contribution in [2.45, 2.75) is 51.0 Å². The van der Waals surface area contributed by atoms with Crippen LogP contribution in [0.5, 0.6) is 0 Å². The number of hydrogen-bond donors (Lipinski definition) is 1. The Hall–Kier alpha value is -2.15. The third kappa shape index (κ3) is 3.65. The van der Waals surface area contributed by atoms with Crippen molar-refractivity contribution in [2.75, 3.05) is 26.3 Å². The average Bonchev–Trinajstić information content (AvgIpc) is 2.95. The van der Waals surface area contributed by atoms with Gasteiger partial charge < -0.3 is 19.4 Å². The number of aromatic nitrogens is 2. The molecule has 27 heavy (non-hydrogen) atoms. The molecule has 0 atom stereocenters. The predicted molar refractivity (Wildman–Crippen MR) is 99.4 cm³/mol. The number of nitrogens with one attached hydrogen (secondary N) is 1. The third-order valence-electron chi connectivity index (χ3n) is 5.30. The van der Waals surface area contributed by atoms with Crippen LogP contribution in [0.25, 0.3) is 11.0 Å². The summed E-state index contributed by atoms with van der Waals surface area (Å²) in [6.45, 7) is 8.09. The first-order chi connectivity index (χ1) is 12.8. The normalized spacial score (nSPS) is 19.3. The summed E-state index contributed by atoms with van der Waals surface area (Å²) < 4.78 is 25.4. The highest BCUT2D eigenvalue weighted by Gasteiger charge is 2.31. The van der Waals surface area contributed by atoms with Crippen LogP contribution in [0, 0.1) is 5.82 Å². The molecule has 6 nitrogen and oxygen atoms in total. The van der Waals surface area contributed by atoms with Gasteiger partial charge in [0.1, 0.15) is 17.1 Å². The summed E-state index contributed by atoms with van der Waals surface area (Å²) in [5.74, 6) is 0.133. The first-order valence-electron chi connectivity index (χ1n) is 9.54. The number of likely N-dealkylation sites (tertiary alicyclic amines) is 1. The molecule has 2 aliphatic heterocycles. The molecule has 4 heterocycles. The summed E-state index contributed by atoms with van der Waals surface area (Å²) in [5.41, 5.74) is 1.99. The van der Waals surface area contributed by atoms with Gasteiger partial charge in [-0.05, 0) is 45.6 Å². The molecule has 2 aromatic rings. The quantitative estimate of drug-likeness (QED) is 0.864. The van der Waals surface area contributed by atoms with E-state index in [9.17, 15) is 9.18 Å². The van der Waals surface area contributed by atoms with E-state index in [4.69, 9.17) is 9.47 Å². The van der Waals surface area contributed by atoms with Crippen LogP contribution in [0.1, 0.15) is 56.7 Å². The SMILES string of the molecule is CC(C)(C)OC(=O)N1CCC(c2c(F)cnc3[nH]c(C4COC4)cc23)CC1. The molecule has 0 spiro atoms. The van der Waals surface area contributed by atoms with Crippen LogP contribution in [0.3, 0.4) is 0 Å². The minimum atomic E-state index is -0.510. The van der Waals surface area contributed by atoms with Crippen molar-refractivity contribution in [1.29, 1.82) is 0 Å². The highest BCUT2D eigenvalue weighted by atomic mass is 19.1. The lowest BCUT2D eigenvalue weighted by Crippen LogP contribution is -2.41. The lowest BCUT2D eigenvalue weighted by atomic mass is 9.88.